The zero-order chi connectivity index (χ0) is 24.3. The van der Waals surface area contributed by atoms with Gasteiger partial charge in [0.25, 0.3) is 11.5 Å². The molecule has 1 aromatic carbocycles. The highest BCUT2D eigenvalue weighted by Gasteiger charge is 2.32. The van der Waals surface area contributed by atoms with Gasteiger partial charge in [-0.3, -0.25) is 14.0 Å². The molecule has 1 fully saturated rings. The van der Waals surface area contributed by atoms with Crippen molar-refractivity contribution in [2.45, 2.75) is 18.7 Å². The van der Waals surface area contributed by atoms with E-state index < -0.39 is 21.5 Å². The second kappa shape index (κ2) is 9.82. The van der Waals surface area contributed by atoms with E-state index in [9.17, 15) is 18.0 Å². The lowest BCUT2D eigenvalue weighted by atomic mass is 10.2. The third kappa shape index (κ3) is 4.48. The van der Waals surface area contributed by atoms with Gasteiger partial charge in [-0.15, -0.1) is 0 Å². The minimum absolute atomic E-state index is 0.0483. The fourth-order valence-electron chi connectivity index (χ4n) is 3.82. The van der Waals surface area contributed by atoms with Crippen molar-refractivity contribution in [3.8, 4) is 11.5 Å². The van der Waals surface area contributed by atoms with E-state index in [1.54, 1.807) is 30.5 Å². The van der Waals surface area contributed by atoms with E-state index in [0.717, 1.165) is 0 Å². The van der Waals surface area contributed by atoms with Crippen molar-refractivity contribution in [1.82, 2.24) is 18.6 Å². The molecule has 0 saturated carbocycles. The first-order chi connectivity index (χ1) is 16.4. The molecule has 0 bridgehead atoms. The van der Waals surface area contributed by atoms with Crippen LogP contribution >= 0.6 is 0 Å². The number of pyridine rings is 1. The number of hydrogen-bond donors (Lipinski definition) is 0. The van der Waals surface area contributed by atoms with Gasteiger partial charge in [0, 0.05) is 44.6 Å². The van der Waals surface area contributed by atoms with E-state index in [1.807, 2.05) is 13.8 Å². The van der Waals surface area contributed by atoms with Gasteiger partial charge in [0.15, 0.2) is 11.5 Å². The molecule has 0 N–H and O–H groups in total. The van der Waals surface area contributed by atoms with E-state index in [2.05, 4.69) is 4.98 Å². The van der Waals surface area contributed by atoms with Crippen molar-refractivity contribution in [2.24, 2.45) is 0 Å². The van der Waals surface area contributed by atoms with Crippen molar-refractivity contribution in [3.63, 3.8) is 0 Å². The molecular weight excluding hydrogens is 460 g/mol. The smallest absolute Gasteiger partial charge is 0.270 e. The molecule has 4 rings (SSSR count). The predicted molar refractivity (Wildman–Crippen MR) is 125 cm³/mol. The van der Waals surface area contributed by atoms with E-state index in [4.69, 9.17) is 9.47 Å². The van der Waals surface area contributed by atoms with Crippen LogP contribution in [0.1, 0.15) is 24.2 Å². The summed E-state index contributed by atoms with van der Waals surface area (Å²) in [5, 5.41) is 0. The average Bonchev–Trinajstić information content (AvgIpc) is 2.85. The molecule has 0 unspecified atom stereocenters. The Hall–Kier alpha value is -3.44. The Morgan fingerprint density at radius 2 is 1.71 bits per heavy atom. The Morgan fingerprint density at radius 1 is 1.00 bits per heavy atom. The number of carbonyl (C=O) groups is 1. The molecule has 34 heavy (non-hydrogen) atoms. The predicted octanol–water partition coefficient (Wildman–Crippen LogP) is 1.64. The molecule has 0 spiro atoms. The quantitative estimate of drug-likeness (QED) is 0.499. The number of nitrogens with zero attached hydrogens (tertiary/aromatic N) is 4. The molecule has 10 nitrogen and oxygen atoms in total. The van der Waals surface area contributed by atoms with Crippen molar-refractivity contribution in [3.05, 3.63) is 64.7 Å². The van der Waals surface area contributed by atoms with Crippen LogP contribution in [-0.4, -0.2) is 72.3 Å². The number of piperazine rings is 1. The monoisotopic (exact) mass is 486 g/mol. The SMILES string of the molecule is CCOc1ccc(S(=O)(=O)N2CCN(C(=O)c3cnc4ccccn4c3=O)CC2)cc1OCC. The van der Waals surface area contributed by atoms with Crippen LogP contribution in [0.2, 0.25) is 0 Å². The molecule has 180 valence electrons. The van der Waals surface area contributed by atoms with Gasteiger partial charge in [-0.05, 0) is 38.1 Å². The fraction of sp³-hybridized carbons (Fsp3) is 0.348. The molecule has 1 aliphatic heterocycles. The van der Waals surface area contributed by atoms with Gasteiger partial charge in [-0.25, -0.2) is 13.4 Å². The minimum Gasteiger partial charge on any atom is -0.490 e. The standard InChI is InChI=1S/C23H26N4O6S/c1-3-32-19-9-8-17(15-20(19)33-4-2)34(30,31)26-13-11-25(12-14-26)22(28)18-16-24-21-7-5-6-10-27(21)23(18)29/h5-10,15-16H,3-4,11-14H2,1-2H3. The van der Waals surface area contributed by atoms with Gasteiger partial charge < -0.3 is 14.4 Å². The van der Waals surface area contributed by atoms with Gasteiger partial charge in [-0.1, -0.05) is 6.07 Å². The lowest BCUT2D eigenvalue weighted by molar-refractivity contribution is 0.0695. The third-order valence-electron chi connectivity index (χ3n) is 5.52. The van der Waals surface area contributed by atoms with Crippen LogP contribution in [0.4, 0.5) is 0 Å². The molecule has 2 aromatic heterocycles. The highest BCUT2D eigenvalue weighted by atomic mass is 32.2. The summed E-state index contributed by atoms with van der Waals surface area (Å²) in [7, 11) is -3.80. The van der Waals surface area contributed by atoms with Gasteiger partial charge in [-0.2, -0.15) is 4.31 Å². The lowest BCUT2D eigenvalue weighted by Crippen LogP contribution is -2.51. The van der Waals surface area contributed by atoms with E-state index in [-0.39, 0.29) is 36.6 Å². The van der Waals surface area contributed by atoms with E-state index >= 15 is 0 Å². The second-order valence-electron chi connectivity index (χ2n) is 7.58. The summed E-state index contributed by atoms with van der Waals surface area (Å²) in [5.74, 6) is 0.380. The summed E-state index contributed by atoms with van der Waals surface area (Å²) < 4.78 is 40.2. The first kappa shape index (κ1) is 23.7. The normalized spacial score (nSPS) is 14.8. The number of aromatic nitrogens is 2. The average molecular weight is 487 g/mol. The van der Waals surface area contributed by atoms with Crippen LogP contribution in [0.25, 0.3) is 5.65 Å². The Balaban J connectivity index is 1.50. The molecular formula is C23H26N4O6S. The Kier molecular flexibility index (Phi) is 6.85. The Labute approximate surface area is 197 Å². The molecule has 3 aromatic rings. The number of benzene rings is 1. The number of sulfonamides is 1. The number of amides is 1. The maximum Gasteiger partial charge on any atom is 0.270 e. The summed E-state index contributed by atoms with van der Waals surface area (Å²) in [6.07, 6.45) is 2.83. The van der Waals surface area contributed by atoms with Gasteiger partial charge in [0.05, 0.1) is 18.1 Å². The fourth-order valence-corrected chi connectivity index (χ4v) is 5.25. The molecule has 1 aliphatic rings. The molecule has 0 atom stereocenters. The molecule has 1 saturated heterocycles. The molecule has 1 amide bonds. The summed E-state index contributed by atoms with van der Waals surface area (Å²) in [5.41, 5.74) is -0.0573. The van der Waals surface area contributed by atoms with Crippen molar-refractivity contribution in [2.75, 3.05) is 39.4 Å². The Bertz CT molecular complexity index is 1360. The second-order valence-corrected chi connectivity index (χ2v) is 9.51. The van der Waals surface area contributed by atoms with Crippen LogP contribution in [0.3, 0.4) is 0 Å². The highest BCUT2D eigenvalue weighted by molar-refractivity contribution is 7.89. The summed E-state index contributed by atoms with van der Waals surface area (Å²) in [6, 6.07) is 9.65. The number of ether oxygens (including phenoxy) is 2. The van der Waals surface area contributed by atoms with Gasteiger partial charge >= 0.3 is 0 Å². The van der Waals surface area contributed by atoms with Crippen LogP contribution in [0.5, 0.6) is 11.5 Å². The summed E-state index contributed by atoms with van der Waals surface area (Å²) >= 11 is 0. The summed E-state index contributed by atoms with van der Waals surface area (Å²) in [4.78, 5) is 31.5. The number of rotatable bonds is 7. The molecule has 3 heterocycles. The maximum absolute atomic E-state index is 13.2. The largest absolute Gasteiger partial charge is 0.490 e. The topological polar surface area (TPSA) is 111 Å². The zero-order valence-electron chi connectivity index (χ0n) is 19.0. The van der Waals surface area contributed by atoms with Crippen LogP contribution in [0.15, 0.2) is 58.5 Å². The van der Waals surface area contributed by atoms with Gasteiger partial charge in [0.2, 0.25) is 10.0 Å². The Morgan fingerprint density at radius 3 is 2.41 bits per heavy atom. The first-order valence-corrected chi connectivity index (χ1v) is 12.5. The van der Waals surface area contributed by atoms with E-state index in [1.165, 1.54) is 31.9 Å². The zero-order valence-corrected chi connectivity index (χ0v) is 19.8. The van der Waals surface area contributed by atoms with Crippen molar-refractivity contribution in [1.29, 1.82) is 0 Å². The van der Waals surface area contributed by atoms with Crippen LogP contribution < -0.4 is 15.0 Å². The molecule has 0 aliphatic carbocycles. The van der Waals surface area contributed by atoms with Crippen molar-refractivity contribution >= 4 is 21.6 Å². The number of carbonyl (C=O) groups excluding carboxylic acids is 1. The van der Waals surface area contributed by atoms with Crippen LogP contribution in [-0.2, 0) is 10.0 Å². The van der Waals surface area contributed by atoms with Crippen molar-refractivity contribution < 1.29 is 22.7 Å². The van der Waals surface area contributed by atoms with Gasteiger partial charge in [0.1, 0.15) is 11.2 Å². The first-order valence-electron chi connectivity index (χ1n) is 11.0. The third-order valence-corrected chi connectivity index (χ3v) is 7.42. The summed E-state index contributed by atoms with van der Waals surface area (Å²) in [6.45, 7) is 4.97. The van der Waals surface area contributed by atoms with Crippen LogP contribution in [0, 0.1) is 0 Å². The highest BCUT2D eigenvalue weighted by Crippen LogP contribution is 2.31. The molecule has 11 heteroatoms. The maximum atomic E-state index is 13.2. The minimum atomic E-state index is -3.80. The molecule has 0 radical (unpaired) electrons. The number of fused-ring (bicyclic) bond motifs is 1. The lowest BCUT2D eigenvalue weighted by Gasteiger charge is -2.34. The number of hydrogen-bond acceptors (Lipinski definition) is 7. The van der Waals surface area contributed by atoms with E-state index in [0.29, 0.717) is 30.4 Å².